The summed E-state index contributed by atoms with van der Waals surface area (Å²) in [7, 11) is 0. The Hall–Kier alpha value is -3.18. The van der Waals surface area contributed by atoms with Crippen LogP contribution in [0.25, 0.3) is 21.9 Å². The van der Waals surface area contributed by atoms with Gasteiger partial charge >= 0.3 is 0 Å². The number of nitriles is 1. The molecule has 29 heavy (non-hydrogen) atoms. The second-order valence-corrected chi connectivity index (χ2v) is 7.77. The van der Waals surface area contributed by atoms with Gasteiger partial charge in [-0.1, -0.05) is 0 Å². The molecule has 8 heteroatoms. The number of carbonyl (C=O) groups is 1. The summed E-state index contributed by atoms with van der Waals surface area (Å²) in [6.45, 7) is 4.04. The zero-order valence-corrected chi connectivity index (χ0v) is 16.2. The number of hydrogen-bond acceptors (Lipinski definition) is 6. The summed E-state index contributed by atoms with van der Waals surface area (Å²) in [5, 5.41) is 14.6. The first kappa shape index (κ1) is 17.9. The molecule has 1 atom stereocenters. The maximum absolute atomic E-state index is 12.6. The van der Waals surface area contributed by atoms with Gasteiger partial charge in [0, 0.05) is 50.2 Å². The molecule has 3 aromatic heterocycles. The van der Waals surface area contributed by atoms with Crippen LogP contribution in [0.3, 0.4) is 0 Å². The third-order valence-electron chi connectivity index (χ3n) is 6.03. The molecule has 2 aliphatic heterocycles. The lowest BCUT2D eigenvalue weighted by atomic mass is 10.1. The van der Waals surface area contributed by atoms with Gasteiger partial charge in [-0.3, -0.25) is 4.79 Å². The second kappa shape index (κ2) is 7.33. The number of anilines is 1. The molecule has 0 aromatic carbocycles. The van der Waals surface area contributed by atoms with Gasteiger partial charge < -0.3 is 20.1 Å². The molecule has 0 bridgehead atoms. The van der Waals surface area contributed by atoms with Gasteiger partial charge in [0.2, 0.25) is 5.91 Å². The Morgan fingerprint density at radius 3 is 2.90 bits per heavy atom. The number of fused-ring (bicyclic) bond motifs is 3. The van der Waals surface area contributed by atoms with Crippen molar-refractivity contribution in [2.45, 2.75) is 25.3 Å². The molecule has 2 fully saturated rings. The van der Waals surface area contributed by atoms with Crippen molar-refractivity contribution in [1.29, 1.82) is 5.26 Å². The second-order valence-electron chi connectivity index (χ2n) is 7.77. The molecule has 0 saturated carbocycles. The highest BCUT2D eigenvalue weighted by Crippen LogP contribution is 2.33. The van der Waals surface area contributed by atoms with Crippen LogP contribution in [-0.4, -0.2) is 64.5 Å². The number of rotatable bonds is 3. The zero-order chi connectivity index (χ0) is 19.8. The summed E-state index contributed by atoms with van der Waals surface area (Å²) >= 11 is 0. The average Bonchev–Trinajstić information content (AvgIpc) is 3.40. The summed E-state index contributed by atoms with van der Waals surface area (Å²) in [5.74, 6) is 0.251. The zero-order valence-electron chi connectivity index (χ0n) is 16.2. The third kappa shape index (κ3) is 3.28. The van der Waals surface area contributed by atoms with E-state index in [1.165, 1.54) is 0 Å². The number of piperazine rings is 1. The minimum Gasteiger partial charge on any atom is -0.367 e. The maximum atomic E-state index is 12.6. The monoisotopic (exact) mass is 389 g/mol. The summed E-state index contributed by atoms with van der Waals surface area (Å²) in [4.78, 5) is 28.8. The van der Waals surface area contributed by atoms with Crippen LogP contribution < -0.4 is 10.2 Å². The standard InChI is InChI=1S/C21H23N7O/c22-12-15-10-16-17(13-25-15)26-21-20(16)18(3-5-24-21)27-6-8-28(9-7-27)19(29)11-14-2-1-4-23-14/h3,5,10,13-14,23H,1-2,4,6-9,11H2,(H,24,26). The first-order chi connectivity index (χ1) is 14.2. The molecule has 3 aromatic rings. The van der Waals surface area contributed by atoms with E-state index in [0.717, 1.165) is 73.2 Å². The van der Waals surface area contributed by atoms with Crippen LogP contribution in [0, 0.1) is 11.3 Å². The molecule has 0 radical (unpaired) electrons. The normalized spacial score (nSPS) is 19.8. The molecule has 2 aliphatic rings. The van der Waals surface area contributed by atoms with Gasteiger partial charge in [0.15, 0.2) is 0 Å². The smallest absolute Gasteiger partial charge is 0.224 e. The van der Waals surface area contributed by atoms with E-state index < -0.39 is 0 Å². The van der Waals surface area contributed by atoms with Gasteiger partial charge in [-0.25, -0.2) is 9.97 Å². The van der Waals surface area contributed by atoms with E-state index in [0.29, 0.717) is 18.2 Å². The van der Waals surface area contributed by atoms with Gasteiger partial charge in [0.25, 0.3) is 0 Å². The lowest BCUT2D eigenvalue weighted by Gasteiger charge is -2.36. The molecular weight excluding hydrogens is 366 g/mol. The molecule has 2 N–H and O–H groups in total. The van der Waals surface area contributed by atoms with Crippen molar-refractivity contribution in [3.63, 3.8) is 0 Å². The number of carbonyl (C=O) groups excluding carboxylic acids is 1. The van der Waals surface area contributed by atoms with E-state index in [2.05, 4.69) is 31.2 Å². The number of H-pyrrole nitrogens is 1. The van der Waals surface area contributed by atoms with Crippen molar-refractivity contribution in [2.75, 3.05) is 37.6 Å². The van der Waals surface area contributed by atoms with E-state index in [-0.39, 0.29) is 5.91 Å². The summed E-state index contributed by atoms with van der Waals surface area (Å²) < 4.78 is 0. The highest BCUT2D eigenvalue weighted by Gasteiger charge is 2.26. The number of aromatic amines is 1. The van der Waals surface area contributed by atoms with E-state index in [1.54, 1.807) is 12.4 Å². The summed E-state index contributed by atoms with van der Waals surface area (Å²) in [5.41, 5.74) is 3.14. The Morgan fingerprint density at radius 2 is 2.14 bits per heavy atom. The summed E-state index contributed by atoms with van der Waals surface area (Å²) in [6, 6.07) is 6.28. The van der Waals surface area contributed by atoms with Crippen molar-refractivity contribution in [2.24, 2.45) is 0 Å². The first-order valence-electron chi connectivity index (χ1n) is 10.2. The summed E-state index contributed by atoms with van der Waals surface area (Å²) in [6.07, 6.45) is 6.35. The van der Waals surface area contributed by atoms with Crippen molar-refractivity contribution >= 4 is 33.5 Å². The number of aromatic nitrogens is 3. The minimum atomic E-state index is 0.251. The lowest BCUT2D eigenvalue weighted by Crippen LogP contribution is -2.49. The van der Waals surface area contributed by atoms with Crippen LogP contribution in [0.1, 0.15) is 25.0 Å². The van der Waals surface area contributed by atoms with Gasteiger partial charge in [-0.2, -0.15) is 5.26 Å². The highest BCUT2D eigenvalue weighted by molar-refractivity contribution is 6.12. The van der Waals surface area contributed by atoms with E-state index in [4.69, 9.17) is 0 Å². The van der Waals surface area contributed by atoms with Crippen LogP contribution in [0.4, 0.5) is 5.69 Å². The Morgan fingerprint density at radius 1 is 1.28 bits per heavy atom. The molecule has 5 heterocycles. The van der Waals surface area contributed by atoms with Crippen LogP contribution in [-0.2, 0) is 4.79 Å². The topological polar surface area (TPSA) is 101 Å². The Balaban J connectivity index is 1.38. The number of nitrogens with one attached hydrogen (secondary N) is 2. The highest BCUT2D eigenvalue weighted by atomic mass is 16.2. The fourth-order valence-electron chi connectivity index (χ4n) is 4.49. The van der Waals surface area contributed by atoms with Crippen LogP contribution in [0.15, 0.2) is 24.5 Å². The molecule has 0 spiro atoms. The molecule has 2 saturated heterocycles. The number of nitrogens with zero attached hydrogens (tertiary/aromatic N) is 5. The first-order valence-corrected chi connectivity index (χ1v) is 10.2. The van der Waals surface area contributed by atoms with Crippen LogP contribution in [0.2, 0.25) is 0 Å². The third-order valence-corrected chi connectivity index (χ3v) is 6.03. The van der Waals surface area contributed by atoms with Crippen molar-refractivity contribution in [3.05, 3.63) is 30.2 Å². The molecule has 1 unspecified atom stereocenters. The van der Waals surface area contributed by atoms with Gasteiger partial charge in [0.1, 0.15) is 17.4 Å². The van der Waals surface area contributed by atoms with Gasteiger partial charge in [-0.15, -0.1) is 0 Å². The van der Waals surface area contributed by atoms with E-state index in [9.17, 15) is 10.1 Å². The van der Waals surface area contributed by atoms with E-state index in [1.807, 2.05) is 17.0 Å². The Labute approximate surface area is 168 Å². The largest absolute Gasteiger partial charge is 0.367 e. The predicted octanol–water partition coefficient (Wildman–Crippen LogP) is 1.77. The fraction of sp³-hybridized carbons (Fsp3) is 0.429. The fourth-order valence-corrected chi connectivity index (χ4v) is 4.49. The maximum Gasteiger partial charge on any atom is 0.224 e. The molecule has 1 amide bonds. The number of hydrogen-bond donors (Lipinski definition) is 2. The van der Waals surface area contributed by atoms with Crippen LogP contribution in [0.5, 0.6) is 0 Å². The average molecular weight is 389 g/mol. The number of pyridine rings is 2. The predicted molar refractivity (Wildman–Crippen MR) is 111 cm³/mol. The van der Waals surface area contributed by atoms with Gasteiger partial charge in [0.05, 0.1) is 22.8 Å². The Kier molecular flexibility index (Phi) is 4.52. The quantitative estimate of drug-likeness (QED) is 0.708. The minimum absolute atomic E-state index is 0.251. The van der Waals surface area contributed by atoms with Gasteiger partial charge in [-0.05, 0) is 31.5 Å². The van der Waals surface area contributed by atoms with Crippen molar-refractivity contribution < 1.29 is 4.79 Å². The van der Waals surface area contributed by atoms with Crippen molar-refractivity contribution in [3.8, 4) is 6.07 Å². The molecule has 8 nitrogen and oxygen atoms in total. The lowest BCUT2D eigenvalue weighted by molar-refractivity contribution is -0.131. The van der Waals surface area contributed by atoms with Crippen LogP contribution >= 0.6 is 0 Å². The van der Waals surface area contributed by atoms with Crippen molar-refractivity contribution in [1.82, 2.24) is 25.2 Å². The molecule has 148 valence electrons. The SMILES string of the molecule is N#Cc1cc2c(cn1)[nH]c1nccc(N3CCN(C(=O)CC4CCCN4)CC3)c12. The molecular formula is C21H23N7O. The van der Waals surface area contributed by atoms with E-state index >= 15 is 0 Å². The Bertz CT molecular complexity index is 1100. The molecule has 5 rings (SSSR count). The number of amides is 1. The molecule has 0 aliphatic carbocycles.